The molecule has 25 heavy (non-hydrogen) atoms. The molecule has 0 radical (unpaired) electrons. The molecule has 0 spiro atoms. The lowest BCUT2D eigenvalue weighted by atomic mass is 9.93. The Morgan fingerprint density at radius 2 is 1.92 bits per heavy atom. The minimum atomic E-state index is 0.183. The lowest BCUT2D eigenvalue weighted by molar-refractivity contribution is -0.138. The number of likely N-dealkylation sites (tertiary alicyclic amines) is 1. The highest BCUT2D eigenvalue weighted by atomic mass is 32.1. The summed E-state index contributed by atoms with van der Waals surface area (Å²) in [5, 5.41) is 3.09. The number of carbonyl (C=O) groups excluding carboxylic acids is 1. The second-order valence-corrected chi connectivity index (χ2v) is 8.18. The Bertz CT molecular complexity index is 553. The molecule has 0 saturated carbocycles. The fraction of sp³-hybridized carbons (Fsp3) is 0.778. The molecule has 1 amide bonds. The normalized spacial score (nSPS) is 26.8. The van der Waals surface area contributed by atoms with Crippen LogP contribution in [0.5, 0.6) is 0 Å². The van der Waals surface area contributed by atoms with Crippen LogP contribution in [0.4, 0.5) is 5.13 Å². The summed E-state index contributed by atoms with van der Waals surface area (Å²) in [4.78, 5) is 24.3. The van der Waals surface area contributed by atoms with Gasteiger partial charge in [0.05, 0.1) is 5.92 Å². The van der Waals surface area contributed by atoms with Crippen LogP contribution in [0, 0.1) is 5.92 Å². The molecule has 1 atom stereocenters. The number of hydrogen-bond acceptors (Lipinski definition) is 6. The van der Waals surface area contributed by atoms with Crippen LogP contribution < -0.4 is 4.90 Å². The van der Waals surface area contributed by atoms with Crippen LogP contribution in [-0.4, -0.2) is 79.2 Å². The first-order valence-corrected chi connectivity index (χ1v) is 10.4. The van der Waals surface area contributed by atoms with E-state index < -0.39 is 0 Å². The monoisotopic (exact) mass is 364 g/mol. The second-order valence-electron chi connectivity index (χ2n) is 7.30. The zero-order valence-corrected chi connectivity index (χ0v) is 15.6. The molecule has 7 heteroatoms. The van der Waals surface area contributed by atoms with Gasteiger partial charge in [-0.25, -0.2) is 4.98 Å². The SMILES string of the molecule is O=C([C@@H]1CCCN(C2CCOCC2)C1)N1CCN(c2nccs2)CC1. The molecule has 0 aromatic carbocycles. The molecule has 0 bridgehead atoms. The van der Waals surface area contributed by atoms with Gasteiger partial charge in [-0.2, -0.15) is 0 Å². The van der Waals surface area contributed by atoms with Crippen molar-refractivity contribution in [1.82, 2.24) is 14.8 Å². The van der Waals surface area contributed by atoms with E-state index in [-0.39, 0.29) is 5.92 Å². The van der Waals surface area contributed by atoms with Crippen LogP contribution in [0.2, 0.25) is 0 Å². The van der Waals surface area contributed by atoms with E-state index in [1.165, 1.54) is 0 Å². The minimum absolute atomic E-state index is 0.183. The molecule has 3 aliphatic heterocycles. The van der Waals surface area contributed by atoms with E-state index in [4.69, 9.17) is 4.74 Å². The highest BCUT2D eigenvalue weighted by Gasteiger charge is 2.33. The third-order valence-corrected chi connectivity index (χ3v) is 6.62. The second kappa shape index (κ2) is 8.01. The maximum absolute atomic E-state index is 13.0. The zero-order chi connectivity index (χ0) is 17.1. The molecule has 0 N–H and O–H groups in total. The first kappa shape index (κ1) is 17.2. The number of aromatic nitrogens is 1. The average Bonchev–Trinajstić information content (AvgIpc) is 3.23. The molecule has 4 rings (SSSR count). The predicted octanol–water partition coefficient (Wildman–Crippen LogP) is 1.68. The molecule has 138 valence electrons. The van der Waals surface area contributed by atoms with Gasteiger partial charge >= 0.3 is 0 Å². The van der Waals surface area contributed by atoms with Gasteiger partial charge < -0.3 is 14.5 Å². The van der Waals surface area contributed by atoms with Crippen molar-refractivity contribution in [3.63, 3.8) is 0 Å². The fourth-order valence-electron chi connectivity index (χ4n) is 4.34. The van der Waals surface area contributed by atoms with E-state index in [2.05, 4.69) is 19.7 Å². The molecular formula is C18H28N4O2S. The Morgan fingerprint density at radius 3 is 2.64 bits per heavy atom. The van der Waals surface area contributed by atoms with Crippen LogP contribution in [0.3, 0.4) is 0 Å². The zero-order valence-electron chi connectivity index (χ0n) is 14.8. The van der Waals surface area contributed by atoms with Crippen molar-refractivity contribution in [2.75, 3.05) is 57.4 Å². The first-order valence-electron chi connectivity index (χ1n) is 9.56. The number of anilines is 1. The number of ether oxygens (including phenoxy) is 1. The van der Waals surface area contributed by atoms with Crippen LogP contribution in [0.25, 0.3) is 0 Å². The molecule has 6 nitrogen and oxygen atoms in total. The Labute approximate surface area is 153 Å². The minimum Gasteiger partial charge on any atom is -0.381 e. The number of nitrogens with zero attached hydrogens (tertiary/aromatic N) is 4. The molecule has 3 saturated heterocycles. The van der Waals surface area contributed by atoms with Crippen molar-refractivity contribution in [2.24, 2.45) is 5.92 Å². The van der Waals surface area contributed by atoms with Crippen molar-refractivity contribution in [1.29, 1.82) is 0 Å². The number of thiazole rings is 1. The van der Waals surface area contributed by atoms with Crippen LogP contribution in [0.15, 0.2) is 11.6 Å². The van der Waals surface area contributed by atoms with Crippen LogP contribution in [0.1, 0.15) is 25.7 Å². The maximum atomic E-state index is 13.0. The number of carbonyl (C=O) groups is 1. The largest absolute Gasteiger partial charge is 0.381 e. The summed E-state index contributed by atoms with van der Waals surface area (Å²) < 4.78 is 5.49. The van der Waals surface area contributed by atoms with Crippen molar-refractivity contribution in [3.8, 4) is 0 Å². The Kier molecular flexibility index (Phi) is 5.53. The summed E-state index contributed by atoms with van der Waals surface area (Å²) in [6, 6.07) is 0.617. The number of hydrogen-bond donors (Lipinski definition) is 0. The van der Waals surface area contributed by atoms with Crippen molar-refractivity contribution in [3.05, 3.63) is 11.6 Å². The molecule has 3 aliphatic rings. The van der Waals surface area contributed by atoms with Crippen LogP contribution in [-0.2, 0) is 9.53 Å². The number of piperidine rings is 1. The summed E-state index contributed by atoms with van der Waals surface area (Å²) in [5.41, 5.74) is 0. The van der Waals surface area contributed by atoms with E-state index in [1.54, 1.807) is 11.3 Å². The van der Waals surface area contributed by atoms with E-state index >= 15 is 0 Å². The van der Waals surface area contributed by atoms with Gasteiger partial charge in [-0.3, -0.25) is 9.69 Å². The summed E-state index contributed by atoms with van der Waals surface area (Å²) in [6.45, 7) is 7.28. The molecular weight excluding hydrogens is 336 g/mol. The molecule has 0 unspecified atom stereocenters. The van der Waals surface area contributed by atoms with Gasteiger partial charge in [-0.1, -0.05) is 0 Å². The molecule has 3 fully saturated rings. The summed E-state index contributed by atoms with van der Waals surface area (Å²) in [6.07, 6.45) is 6.28. The highest BCUT2D eigenvalue weighted by molar-refractivity contribution is 7.13. The van der Waals surface area contributed by atoms with E-state index in [0.717, 1.165) is 83.3 Å². The Morgan fingerprint density at radius 1 is 1.12 bits per heavy atom. The van der Waals surface area contributed by atoms with Gasteiger partial charge in [0, 0.05) is 63.6 Å². The van der Waals surface area contributed by atoms with Gasteiger partial charge in [0.1, 0.15) is 0 Å². The summed E-state index contributed by atoms with van der Waals surface area (Å²) in [7, 11) is 0. The topological polar surface area (TPSA) is 48.9 Å². The van der Waals surface area contributed by atoms with Gasteiger partial charge in [0.25, 0.3) is 0 Å². The van der Waals surface area contributed by atoms with Gasteiger partial charge in [-0.05, 0) is 32.2 Å². The lowest BCUT2D eigenvalue weighted by Gasteiger charge is -2.42. The van der Waals surface area contributed by atoms with E-state index in [0.29, 0.717) is 11.9 Å². The predicted molar refractivity (Wildman–Crippen MR) is 99.0 cm³/mol. The number of amides is 1. The third kappa shape index (κ3) is 3.99. The van der Waals surface area contributed by atoms with E-state index in [9.17, 15) is 4.79 Å². The average molecular weight is 365 g/mol. The smallest absolute Gasteiger partial charge is 0.227 e. The molecule has 0 aliphatic carbocycles. The summed E-state index contributed by atoms with van der Waals surface area (Å²) in [5.74, 6) is 0.554. The number of rotatable bonds is 3. The van der Waals surface area contributed by atoms with Crippen LogP contribution >= 0.6 is 11.3 Å². The molecule has 1 aromatic rings. The van der Waals surface area contributed by atoms with Gasteiger partial charge in [0.2, 0.25) is 5.91 Å². The fourth-order valence-corrected chi connectivity index (χ4v) is 5.04. The lowest BCUT2D eigenvalue weighted by Crippen LogP contribution is -2.54. The van der Waals surface area contributed by atoms with E-state index in [1.807, 2.05) is 11.6 Å². The Balaban J connectivity index is 1.30. The highest BCUT2D eigenvalue weighted by Crippen LogP contribution is 2.25. The Hall–Kier alpha value is -1.18. The quantitative estimate of drug-likeness (QED) is 0.817. The van der Waals surface area contributed by atoms with Crippen molar-refractivity contribution in [2.45, 2.75) is 31.7 Å². The van der Waals surface area contributed by atoms with Gasteiger partial charge in [-0.15, -0.1) is 11.3 Å². The standard InChI is InChI=1S/C18H28N4O2S/c23-17(20-7-9-21(10-8-20)18-19-5-13-25-18)15-2-1-6-22(14-15)16-3-11-24-12-4-16/h5,13,15-16H,1-4,6-12,14H2/t15-/m1/s1. The van der Waals surface area contributed by atoms with Crippen molar-refractivity contribution >= 4 is 22.4 Å². The number of piperazine rings is 1. The molecule has 1 aromatic heterocycles. The van der Waals surface area contributed by atoms with Gasteiger partial charge in [0.15, 0.2) is 5.13 Å². The summed E-state index contributed by atoms with van der Waals surface area (Å²) >= 11 is 1.68. The molecule has 4 heterocycles. The van der Waals surface area contributed by atoms with Crippen molar-refractivity contribution < 1.29 is 9.53 Å². The maximum Gasteiger partial charge on any atom is 0.227 e. The first-order chi connectivity index (χ1) is 12.3. The third-order valence-electron chi connectivity index (χ3n) is 5.79.